The summed E-state index contributed by atoms with van der Waals surface area (Å²) in [6.45, 7) is 2.52. The summed E-state index contributed by atoms with van der Waals surface area (Å²) in [6.07, 6.45) is 5.86. The summed E-state index contributed by atoms with van der Waals surface area (Å²) in [7, 11) is 1.76. The molecule has 1 heterocycles. The second kappa shape index (κ2) is 8.87. The lowest BCUT2D eigenvalue weighted by Crippen LogP contribution is -2.39. The maximum absolute atomic E-state index is 13.1. The number of rotatable bonds is 7. The first-order chi connectivity index (χ1) is 10.8. The average molecular weight is 302 g/mol. The van der Waals surface area contributed by atoms with Gasteiger partial charge in [0.1, 0.15) is 5.82 Å². The van der Waals surface area contributed by atoms with Crippen molar-refractivity contribution in [2.24, 2.45) is 4.99 Å². The number of nitrogens with one attached hydrogen (secondary N) is 2. The maximum atomic E-state index is 13.1. The van der Waals surface area contributed by atoms with E-state index in [9.17, 15) is 4.39 Å². The van der Waals surface area contributed by atoms with E-state index >= 15 is 0 Å². The molecule has 0 aliphatic heterocycles. The predicted molar refractivity (Wildman–Crippen MR) is 88.5 cm³/mol. The highest BCUT2D eigenvalue weighted by Crippen LogP contribution is 2.05. The molecule has 2 N–H and O–H groups in total. The summed E-state index contributed by atoms with van der Waals surface area (Å²) in [5, 5.41) is 6.54. The minimum Gasteiger partial charge on any atom is -0.356 e. The van der Waals surface area contributed by atoms with Gasteiger partial charge in [0.2, 0.25) is 0 Å². The Morgan fingerprint density at radius 2 is 1.91 bits per heavy atom. The summed E-state index contributed by atoms with van der Waals surface area (Å²) in [4.78, 5) is 4.19. The summed E-state index contributed by atoms with van der Waals surface area (Å²) < 4.78 is 15.2. The van der Waals surface area contributed by atoms with Crippen LogP contribution in [-0.2, 0) is 13.0 Å². The lowest BCUT2D eigenvalue weighted by molar-refractivity contribution is 0.623. The van der Waals surface area contributed by atoms with E-state index in [0.717, 1.165) is 44.0 Å². The highest BCUT2D eigenvalue weighted by atomic mass is 19.1. The van der Waals surface area contributed by atoms with Gasteiger partial charge in [0.15, 0.2) is 5.96 Å². The van der Waals surface area contributed by atoms with E-state index in [1.54, 1.807) is 19.2 Å². The monoisotopic (exact) mass is 302 g/mol. The van der Waals surface area contributed by atoms with Crippen molar-refractivity contribution in [3.05, 3.63) is 60.2 Å². The van der Waals surface area contributed by atoms with E-state index in [2.05, 4.69) is 20.2 Å². The predicted octanol–water partition coefficient (Wildman–Crippen LogP) is 2.43. The SMILES string of the molecule is CN=C(NCCCc1cccc(F)c1)NCCn1cccc1. The number of hydrogen-bond acceptors (Lipinski definition) is 1. The Hall–Kier alpha value is -2.30. The van der Waals surface area contributed by atoms with Crippen LogP contribution in [0.4, 0.5) is 4.39 Å². The van der Waals surface area contributed by atoms with Gasteiger partial charge in [-0.15, -0.1) is 0 Å². The molecule has 0 aliphatic carbocycles. The van der Waals surface area contributed by atoms with Crippen LogP contribution in [0.25, 0.3) is 0 Å². The molecule has 1 aromatic carbocycles. The van der Waals surface area contributed by atoms with Gasteiger partial charge in [-0.25, -0.2) is 4.39 Å². The third kappa shape index (κ3) is 5.60. The van der Waals surface area contributed by atoms with Crippen LogP contribution in [0.2, 0.25) is 0 Å². The van der Waals surface area contributed by atoms with Crippen LogP contribution in [-0.4, -0.2) is 30.7 Å². The summed E-state index contributed by atoms with van der Waals surface area (Å²) in [5.74, 6) is 0.624. The number of guanidine groups is 1. The van der Waals surface area contributed by atoms with Crippen LogP contribution in [0.3, 0.4) is 0 Å². The largest absolute Gasteiger partial charge is 0.356 e. The number of benzene rings is 1. The number of aliphatic imine (C=N–C) groups is 1. The molecule has 2 rings (SSSR count). The zero-order valence-corrected chi connectivity index (χ0v) is 12.9. The zero-order chi connectivity index (χ0) is 15.6. The molecule has 0 bridgehead atoms. The van der Waals surface area contributed by atoms with Crippen LogP contribution in [0.5, 0.6) is 0 Å². The minimum atomic E-state index is -0.173. The Morgan fingerprint density at radius 3 is 2.64 bits per heavy atom. The van der Waals surface area contributed by atoms with Gasteiger partial charge >= 0.3 is 0 Å². The summed E-state index contributed by atoms with van der Waals surface area (Å²) in [6, 6.07) is 10.8. The molecule has 0 atom stereocenters. The first kappa shape index (κ1) is 16.1. The first-order valence-electron chi connectivity index (χ1n) is 7.57. The van der Waals surface area contributed by atoms with Crippen molar-refractivity contribution < 1.29 is 4.39 Å². The Bertz CT molecular complexity index is 578. The van der Waals surface area contributed by atoms with Crippen molar-refractivity contribution in [3.8, 4) is 0 Å². The van der Waals surface area contributed by atoms with E-state index in [-0.39, 0.29) is 5.82 Å². The number of hydrogen-bond donors (Lipinski definition) is 2. The quantitative estimate of drug-likeness (QED) is 0.468. The van der Waals surface area contributed by atoms with E-state index in [4.69, 9.17) is 0 Å². The van der Waals surface area contributed by atoms with Crippen molar-refractivity contribution in [2.45, 2.75) is 19.4 Å². The molecule has 0 spiro atoms. The van der Waals surface area contributed by atoms with Crippen LogP contribution >= 0.6 is 0 Å². The van der Waals surface area contributed by atoms with Gasteiger partial charge in [-0.3, -0.25) is 4.99 Å². The molecule has 4 nitrogen and oxygen atoms in total. The zero-order valence-electron chi connectivity index (χ0n) is 12.9. The Morgan fingerprint density at radius 1 is 1.14 bits per heavy atom. The lowest BCUT2D eigenvalue weighted by atomic mass is 10.1. The van der Waals surface area contributed by atoms with Crippen molar-refractivity contribution in [1.29, 1.82) is 0 Å². The number of nitrogens with zero attached hydrogens (tertiary/aromatic N) is 2. The molecule has 22 heavy (non-hydrogen) atoms. The van der Waals surface area contributed by atoms with Crippen LogP contribution in [0.1, 0.15) is 12.0 Å². The van der Waals surface area contributed by atoms with Crippen LogP contribution in [0.15, 0.2) is 53.8 Å². The topological polar surface area (TPSA) is 41.4 Å². The van der Waals surface area contributed by atoms with Crippen LogP contribution in [0, 0.1) is 5.82 Å². The highest BCUT2D eigenvalue weighted by Gasteiger charge is 1.98. The molecule has 0 fully saturated rings. The van der Waals surface area contributed by atoms with Gasteiger partial charge in [0.05, 0.1) is 0 Å². The molecule has 1 aromatic heterocycles. The van der Waals surface area contributed by atoms with Gasteiger partial charge in [0.25, 0.3) is 0 Å². The summed E-state index contributed by atoms with van der Waals surface area (Å²) >= 11 is 0. The highest BCUT2D eigenvalue weighted by molar-refractivity contribution is 5.79. The smallest absolute Gasteiger partial charge is 0.191 e. The fraction of sp³-hybridized carbons (Fsp3) is 0.353. The van der Waals surface area contributed by atoms with Crippen molar-refractivity contribution in [1.82, 2.24) is 15.2 Å². The number of aromatic nitrogens is 1. The fourth-order valence-electron chi connectivity index (χ4n) is 2.24. The van der Waals surface area contributed by atoms with Gasteiger partial charge in [0, 0.05) is 39.1 Å². The van der Waals surface area contributed by atoms with Crippen molar-refractivity contribution >= 4 is 5.96 Å². The van der Waals surface area contributed by atoms with Crippen molar-refractivity contribution in [2.75, 3.05) is 20.1 Å². The third-order valence-electron chi connectivity index (χ3n) is 3.38. The fourth-order valence-corrected chi connectivity index (χ4v) is 2.24. The second-order valence-electron chi connectivity index (χ2n) is 5.08. The molecule has 0 amide bonds. The Kier molecular flexibility index (Phi) is 6.48. The van der Waals surface area contributed by atoms with E-state index in [1.807, 2.05) is 30.6 Å². The van der Waals surface area contributed by atoms with E-state index < -0.39 is 0 Å². The molecule has 0 saturated heterocycles. The molecule has 5 heteroatoms. The number of aryl methyl sites for hydroxylation is 1. The Balaban J connectivity index is 1.62. The van der Waals surface area contributed by atoms with Gasteiger partial charge < -0.3 is 15.2 Å². The molecule has 0 saturated carbocycles. The molecule has 0 aliphatic rings. The first-order valence-corrected chi connectivity index (χ1v) is 7.57. The molecule has 118 valence electrons. The molecular formula is C17H23FN4. The van der Waals surface area contributed by atoms with Gasteiger partial charge in [-0.2, -0.15) is 0 Å². The summed E-state index contributed by atoms with van der Waals surface area (Å²) in [5.41, 5.74) is 1.03. The van der Waals surface area contributed by atoms with Gasteiger partial charge in [-0.1, -0.05) is 12.1 Å². The Labute approximate surface area is 131 Å². The molecular weight excluding hydrogens is 279 g/mol. The molecule has 0 radical (unpaired) electrons. The molecule has 0 unspecified atom stereocenters. The third-order valence-corrected chi connectivity index (χ3v) is 3.38. The standard InChI is InChI=1S/C17H23FN4/c1-19-17(21-10-13-22-11-2-3-12-22)20-9-5-7-15-6-4-8-16(18)14-15/h2-4,6,8,11-12,14H,5,7,9-10,13H2,1H3,(H2,19,20,21). The van der Waals surface area contributed by atoms with Crippen LogP contribution < -0.4 is 10.6 Å². The van der Waals surface area contributed by atoms with E-state index in [0.29, 0.717) is 0 Å². The van der Waals surface area contributed by atoms with E-state index in [1.165, 1.54) is 6.07 Å². The van der Waals surface area contributed by atoms with Crippen molar-refractivity contribution in [3.63, 3.8) is 0 Å². The molecule has 2 aromatic rings. The minimum absolute atomic E-state index is 0.173. The average Bonchev–Trinajstić information content (AvgIpc) is 3.03. The van der Waals surface area contributed by atoms with Gasteiger partial charge in [-0.05, 0) is 42.7 Å². The lowest BCUT2D eigenvalue weighted by Gasteiger charge is -2.12. The normalized spacial score (nSPS) is 11.5. The second-order valence-corrected chi connectivity index (χ2v) is 5.08. The number of halogens is 1. The maximum Gasteiger partial charge on any atom is 0.191 e.